The van der Waals surface area contributed by atoms with E-state index in [1.807, 2.05) is 30.3 Å². The Morgan fingerprint density at radius 2 is 2.00 bits per heavy atom. The van der Waals surface area contributed by atoms with Crippen molar-refractivity contribution in [2.75, 3.05) is 5.75 Å². The Kier molecular flexibility index (Phi) is 6.39. The molecular weight excluding hydrogens is 356 g/mol. The van der Waals surface area contributed by atoms with Crippen molar-refractivity contribution in [3.63, 3.8) is 0 Å². The second-order valence-corrected chi connectivity index (χ2v) is 6.91. The number of benzene rings is 2. The fourth-order valence-corrected chi connectivity index (χ4v) is 3.62. The summed E-state index contributed by atoms with van der Waals surface area (Å²) in [6.45, 7) is 0. The van der Waals surface area contributed by atoms with Crippen molar-refractivity contribution in [1.82, 2.24) is 5.43 Å². The SMILES string of the molecule is NNC(CSc1cccc(Br)c1)Cc1cccc(Cl)c1. The molecule has 0 saturated carbocycles. The molecule has 2 nitrogen and oxygen atoms in total. The summed E-state index contributed by atoms with van der Waals surface area (Å²) >= 11 is 11.3. The van der Waals surface area contributed by atoms with Crippen molar-refractivity contribution in [3.8, 4) is 0 Å². The summed E-state index contributed by atoms with van der Waals surface area (Å²) in [7, 11) is 0. The average Bonchev–Trinajstić information content (AvgIpc) is 2.43. The topological polar surface area (TPSA) is 38.0 Å². The van der Waals surface area contributed by atoms with Crippen molar-refractivity contribution in [2.24, 2.45) is 5.84 Å². The van der Waals surface area contributed by atoms with Crippen molar-refractivity contribution in [2.45, 2.75) is 17.4 Å². The lowest BCUT2D eigenvalue weighted by Crippen LogP contribution is -2.38. The molecule has 0 saturated heterocycles. The fourth-order valence-electron chi connectivity index (χ4n) is 1.87. The van der Waals surface area contributed by atoms with Crippen LogP contribution in [0.15, 0.2) is 57.9 Å². The molecule has 106 valence electrons. The predicted molar refractivity (Wildman–Crippen MR) is 91.1 cm³/mol. The highest BCUT2D eigenvalue weighted by Gasteiger charge is 2.09. The molecule has 2 rings (SSSR count). The minimum atomic E-state index is 0.206. The lowest BCUT2D eigenvalue weighted by atomic mass is 10.1. The van der Waals surface area contributed by atoms with Gasteiger partial charge < -0.3 is 0 Å². The Bertz CT molecular complexity index is 565. The first-order valence-corrected chi connectivity index (χ1v) is 8.42. The molecule has 0 aliphatic carbocycles. The molecule has 0 amide bonds. The molecule has 20 heavy (non-hydrogen) atoms. The smallest absolute Gasteiger partial charge is 0.0408 e. The third-order valence-electron chi connectivity index (χ3n) is 2.85. The zero-order chi connectivity index (χ0) is 14.4. The first kappa shape index (κ1) is 15.9. The van der Waals surface area contributed by atoms with E-state index in [2.05, 4.69) is 39.6 Å². The van der Waals surface area contributed by atoms with Gasteiger partial charge in [-0.2, -0.15) is 0 Å². The lowest BCUT2D eigenvalue weighted by Gasteiger charge is -2.15. The van der Waals surface area contributed by atoms with Gasteiger partial charge in [-0.15, -0.1) is 11.8 Å². The molecular formula is C15H16BrClN2S. The molecule has 2 aromatic carbocycles. The third kappa shape index (κ3) is 5.11. The van der Waals surface area contributed by atoms with Crippen molar-refractivity contribution >= 4 is 39.3 Å². The number of thioether (sulfide) groups is 1. The normalized spacial score (nSPS) is 12.3. The van der Waals surface area contributed by atoms with Crippen LogP contribution in [0.1, 0.15) is 5.56 Å². The largest absolute Gasteiger partial charge is 0.271 e. The Morgan fingerprint density at radius 1 is 1.20 bits per heavy atom. The van der Waals surface area contributed by atoms with Crippen LogP contribution in [0.5, 0.6) is 0 Å². The Morgan fingerprint density at radius 3 is 2.70 bits per heavy atom. The summed E-state index contributed by atoms with van der Waals surface area (Å²) in [5, 5.41) is 0.762. The van der Waals surface area contributed by atoms with E-state index in [1.54, 1.807) is 11.8 Å². The number of hydrogen-bond donors (Lipinski definition) is 2. The maximum Gasteiger partial charge on any atom is 0.0408 e. The van der Waals surface area contributed by atoms with Crippen LogP contribution >= 0.6 is 39.3 Å². The van der Waals surface area contributed by atoms with E-state index >= 15 is 0 Å². The van der Waals surface area contributed by atoms with Gasteiger partial charge in [0.2, 0.25) is 0 Å². The number of nitrogens with two attached hydrogens (primary N) is 1. The van der Waals surface area contributed by atoms with Gasteiger partial charge in [-0.1, -0.05) is 45.7 Å². The van der Waals surface area contributed by atoms with Crippen LogP contribution < -0.4 is 11.3 Å². The van der Waals surface area contributed by atoms with Crippen LogP contribution in [0.3, 0.4) is 0 Å². The van der Waals surface area contributed by atoms with Crippen LogP contribution in [-0.2, 0) is 6.42 Å². The molecule has 1 atom stereocenters. The molecule has 0 aromatic heterocycles. The molecule has 3 N–H and O–H groups in total. The summed E-state index contributed by atoms with van der Waals surface area (Å²) in [4.78, 5) is 1.23. The van der Waals surface area contributed by atoms with Crippen LogP contribution in [0, 0.1) is 0 Å². The summed E-state index contributed by atoms with van der Waals surface area (Å²) in [6, 6.07) is 16.4. The molecule has 0 aliphatic rings. The third-order valence-corrected chi connectivity index (χ3v) is 4.74. The minimum absolute atomic E-state index is 0.206. The minimum Gasteiger partial charge on any atom is -0.271 e. The van der Waals surface area contributed by atoms with Gasteiger partial charge in [-0.25, -0.2) is 0 Å². The predicted octanol–water partition coefficient (Wildman–Crippen LogP) is 4.27. The second kappa shape index (κ2) is 8.05. The second-order valence-electron chi connectivity index (χ2n) is 4.47. The molecule has 0 bridgehead atoms. The Hall–Kier alpha value is -0.520. The highest BCUT2D eigenvalue weighted by Crippen LogP contribution is 2.23. The van der Waals surface area contributed by atoms with Crippen LogP contribution in [0.2, 0.25) is 5.02 Å². The molecule has 0 fully saturated rings. The standard InChI is InChI=1S/C15H16BrClN2S/c16-12-4-2-6-15(9-12)20-10-14(19-18)8-11-3-1-5-13(17)7-11/h1-7,9,14,19H,8,10,18H2. The highest BCUT2D eigenvalue weighted by atomic mass is 79.9. The molecule has 5 heteroatoms. The Balaban J connectivity index is 1.92. The van der Waals surface area contributed by atoms with Crippen molar-refractivity contribution < 1.29 is 0 Å². The van der Waals surface area contributed by atoms with Crippen LogP contribution in [-0.4, -0.2) is 11.8 Å². The van der Waals surface area contributed by atoms with Gasteiger partial charge in [0.05, 0.1) is 0 Å². The number of halogens is 2. The van der Waals surface area contributed by atoms with Gasteiger partial charge in [0.1, 0.15) is 0 Å². The lowest BCUT2D eigenvalue weighted by molar-refractivity contribution is 0.575. The highest BCUT2D eigenvalue weighted by molar-refractivity contribution is 9.10. The summed E-state index contributed by atoms with van der Waals surface area (Å²) < 4.78 is 1.09. The molecule has 0 heterocycles. The molecule has 2 aromatic rings. The number of hydrazine groups is 1. The van der Waals surface area contributed by atoms with Gasteiger partial charge in [-0.05, 0) is 42.3 Å². The van der Waals surface area contributed by atoms with E-state index in [0.29, 0.717) is 0 Å². The summed E-state index contributed by atoms with van der Waals surface area (Å²) in [6.07, 6.45) is 0.859. The van der Waals surface area contributed by atoms with E-state index in [9.17, 15) is 0 Å². The van der Waals surface area contributed by atoms with E-state index in [0.717, 1.165) is 21.7 Å². The van der Waals surface area contributed by atoms with E-state index in [1.165, 1.54) is 10.5 Å². The van der Waals surface area contributed by atoms with Crippen molar-refractivity contribution in [3.05, 3.63) is 63.6 Å². The maximum atomic E-state index is 6.00. The zero-order valence-corrected chi connectivity index (χ0v) is 14.0. The number of rotatable bonds is 6. The van der Waals surface area contributed by atoms with Crippen molar-refractivity contribution in [1.29, 1.82) is 0 Å². The number of hydrogen-bond acceptors (Lipinski definition) is 3. The monoisotopic (exact) mass is 370 g/mol. The summed E-state index contributed by atoms with van der Waals surface area (Å²) in [5.41, 5.74) is 4.07. The van der Waals surface area contributed by atoms with Crippen LogP contribution in [0.25, 0.3) is 0 Å². The van der Waals surface area contributed by atoms with E-state index in [4.69, 9.17) is 17.4 Å². The van der Waals surface area contributed by atoms with Gasteiger partial charge >= 0.3 is 0 Å². The van der Waals surface area contributed by atoms with Gasteiger partial charge in [-0.3, -0.25) is 11.3 Å². The first-order chi connectivity index (χ1) is 9.67. The molecule has 0 spiro atoms. The number of nitrogens with one attached hydrogen (secondary N) is 1. The summed E-state index contributed by atoms with van der Waals surface area (Å²) in [5.74, 6) is 6.55. The molecule has 0 aliphatic heterocycles. The quantitative estimate of drug-likeness (QED) is 0.452. The fraction of sp³-hybridized carbons (Fsp3) is 0.200. The maximum absolute atomic E-state index is 6.00. The first-order valence-electron chi connectivity index (χ1n) is 6.26. The van der Waals surface area contributed by atoms with Gasteiger partial charge in [0.15, 0.2) is 0 Å². The average molecular weight is 372 g/mol. The van der Waals surface area contributed by atoms with Crippen LogP contribution in [0.4, 0.5) is 0 Å². The van der Waals surface area contributed by atoms with E-state index < -0.39 is 0 Å². The molecule has 0 radical (unpaired) electrons. The van der Waals surface area contributed by atoms with Gasteiger partial charge in [0.25, 0.3) is 0 Å². The van der Waals surface area contributed by atoms with Gasteiger partial charge in [0, 0.05) is 26.2 Å². The van der Waals surface area contributed by atoms with E-state index in [-0.39, 0.29) is 6.04 Å². The molecule has 1 unspecified atom stereocenters. The zero-order valence-electron chi connectivity index (χ0n) is 10.9. The Labute approximate surface area is 137 Å².